The van der Waals surface area contributed by atoms with E-state index in [0.29, 0.717) is 16.5 Å². The Bertz CT molecular complexity index is 688. The Morgan fingerprint density at radius 3 is 2.52 bits per heavy atom. The normalized spacial score (nSPS) is 11.0. The fourth-order valence-electron chi connectivity index (χ4n) is 1.87. The summed E-state index contributed by atoms with van der Waals surface area (Å²) in [4.78, 5) is 0. The first-order valence-electron chi connectivity index (χ1n) is 7.08. The van der Waals surface area contributed by atoms with Crippen molar-refractivity contribution in [3.8, 4) is 11.5 Å². The highest BCUT2D eigenvalue weighted by Gasteiger charge is 2.12. The third kappa shape index (κ3) is 5.15. The minimum absolute atomic E-state index is 0.0614. The lowest BCUT2D eigenvalue weighted by Crippen LogP contribution is -2.07. The van der Waals surface area contributed by atoms with Crippen molar-refractivity contribution in [3.63, 3.8) is 0 Å². The second-order valence-electron chi connectivity index (χ2n) is 5.08. The van der Waals surface area contributed by atoms with Crippen molar-refractivity contribution < 1.29 is 9.47 Å². The lowest BCUT2D eigenvalue weighted by molar-refractivity contribution is 0.228. The van der Waals surface area contributed by atoms with Gasteiger partial charge in [-0.15, -0.1) is 0 Å². The molecule has 0 amide bonds. The minimum atomic E-state index is 0.0614. The first kappa shape index (κ1) is 17.6. The van der Waals surface area contributed by atoms with Gasteiger partial charge in [-0.1, -0.05) is 11.6 Å². The zero-order valence-electron chi connectivity index (χ0n) is 13.1. The van der Waals surface area contributed by atoms with E-state index in [-0.39, 0.29) is 6.10 Å². The smallest absolute Gasteiger partial charge is 0.175 e. The van der Waals surface area contributed by atoms with E-state index in [9.17, 15) is 0 Å². The van der Waals surface area contributed by atoms with Gasteiger partial charge >= 0.3 is 0 Å². The summed E-state index contributed by atoms with van der Waals surface area (Å²) in [5.41, 5.74) is 4.69. The van der Waals surface area contributed by atoms with E-state index in [0.717, 1.165) is 15.7 Å². The lowest BCUT2D eigenvalue weighted by Gasteiger charge is -2.15. The number of hydrazone groups is 1. The highest BCUT2D eigenvalue weighted by atomic mass is 79.9. The predicted molar refractivity (Wildman–Crippen MR) is 99.1 cm³/mol. The van der Waals surface area contributed by atoms with Crippen LogP contribution in [0.2, 0.25) is 5.02 Å². The number of rotatable bonds is 6. The van der Waals surface area contributed by atoms with Crippen molar-refractivity contribution in [2.24, 2.45) is 5.10 Å². The summed E-state index contributed by atoms with van der Waals surface area (Å²) >= 11 is 9.36. The number of hydrogen-bond acceptors (Lipinski definition) is 4. The molecule has 122 valence electrons. The maximum atomic E-state index is 5.85. The number of ether oxygens (including phenoxy) is 2. The standard InChI is InChI=1S/C17H18BrClN2O2/c1-11(2)23-17-15(18)8-12(9-16(17)22-3)10-20-21-14-6-4-13(19)5-7-14/h4-11,21H,1-3H3/b20-10+. The minimum Gasteiger partial charge on any atom is -0.493 e. The highest BCUT2D eigenvalue weighted by Crippen LogP contribution is 2.37. The summed E-state index contributed by atoms with van der Waals surface area (Å²) < 4.78 is 12.0. The van der Waals surface area contributed by atoms with Crippen LogP contribution in [0, 0.1) is 0 Å². The molecule has 0 bridgehead atoms. The van der Waals surface area contributed by atoms with E-state index in [2.05, 4.69) is 26.5 Å². The Labute approximate surface area is 149 Å². The molecule has 0 saturated heterocycles. The summed E-state index contributed by atoms with van der Waals surface area (Å²) in [5, 5.41) is 4.90. The SMILES string of the molecule is COc1cc(/C=N/Nc2ccc(Cl)cc2)cc(Br)c1OC(C)C. The van der Waals surface area contributed by atoms with Gasteiger partial charge in [0.25, 0.3) is 0 Å². The average Bonchev–Trinajstić information content (AvgIpc) is 2.51. The summed E-state index contributed by atoms with van der Waals surface area (Å²) in [6.07, 6.45) is 1.77. The van der Waals surface area contributed by atoms with Crippen molar-refractivity contribution in [3.05, 3.63) is 51.5 Å². The zero-order valence-corrected chi connectivity index (χ0v) is 15.5. The molecule has 0 radical (unpaired) electrons. The molecule has 2 aromatic rings. The first-order valence-corrected chi connectivity index (χ1v) is 8.25. The topological polar surface area (TPSA) is 42.8 Å². The second kappa shape index (κ2) is 8.22. The number of nitrogens with one attached hydrogen (secondary N) is 1. The van der Waals surface area contributed by atoms with Gasteiger partial charge in [0.05, 0.1) is 29.6 Å². The van der Waals surface area contributed by atoms with Gasteiger partial charge in [-0.3, -0.25) is 5.43 Å². The molecule has 23 heavy (non-hydrogen) atoms. The van der Waals surface area contributed by atoms with Crippen LogP contribution in [0.15, 0.2) is 46.0 Å². The predicted octanol–water partition coefficient (Wildman–Crippen LogP) is 5.34. The van der Waals surface area contributed by atoms with Crippen LogP contribution in [-0.2, 0) is 0 Å². The Kier molecular flexibility index (Phi) is 6.30. The van der Waals surface area contributed by atoms with Gasteiger partial charge in [0, 0.05) is 5.02 Å². The van der Waals surface area contributed by atoms with Gasteiger partial charge in [0.1, 0.15) is 0 Å². The van der Waals surface area contributed by atoms with Crippen molar-refractivity contribution in [2.45, 2.75) is 20.0 Å². The third-order valence-electron chi connectivity index (χ3n) is 2.86. The first-order chi connectivity index (χ1) is 11.0. The van der Waals surface area contributed by atoms with Crippen LogP contribution in [0.25, 0.3) is 0 Å². The Morgan fingerprint density at radius 2 is 1.91 bits per heavy atom. The lowest BCUT2D eigenvalue weighted by atomic mass is 10.2. The molecule has 0 aliphatic rings. The van der Waals surface area contributed by atoms with Crippen molar-refractivity contribution >= 4 is 39.4 Å². The molecule has 0 aromatic heterocycles. The van der Waals surface area contributed by atoms with Crippen molar-refractivity contribution in [1.82, 2.24) is 0 Å². The fourth-order valence-corrected chi connectivity index (χ4v) is 2.55. The maximum absolute atomic E-state index is 5.85. The van der Waals surface area contributed by atoms with E-state index in [4.69, 9.17) is 21.1 Å². The van der Waals surface area contributed by atoms with Gasteiger partial charge in [0.15, 0.2) is 11.5 Å². The molecule has 0 saturated carbocycles. The van der Waals surface area contributed by atoms with E-state index in [1.165, 1.54) is 0 Å². The molecule has 4 nitrogen and oxygen atoms in total. The van der Waals surface area contributed by atoms with Gasteiger partial charge < -0.3 is 9.47 Å². The molecule has 2 aromatic carbocycles. The van der Waals surface area contributed by atoms with Crippen LogP contribution < -0.4 is 14.9 Å². The molecule has 0 fully saturated rings. The van der Waals surface area contributed by atoms with Gasteiger partial charge in [-0.05, 0) is 71.7 Å². The highest BCUT2D eigenvalue weighted by molar-refractivity contribution is 9.10. The Hall–Kier alpha value is -1.72. The molecule has 0 aliphatic carbocycles. The molecule has 0 unspecified atom stereocenters. The summed E-state index contributed by atoms with van der Waals surface area (Å²) in [7, 11) is 1.61. The van der Waals surface area contributed by atoms with E-state index in [1.54, 1.807) is 25.5 Å². The number of methoxy groups -OCH3 is 1. The summed E-state index contributed by atoms with van der Waals surface area (Å²) in [6.45, 7) is 3.94. The molecular formula is C17H18BrClN2O2. The molecule has 2 rings (SSSR count). The van der Waals surface area contributed by atoms with E-state index < -0.39 is 0 Å². The summed E-state index contributed by atoms with van der Waals surface area (Å²) in [6, 6.07) is 11.1. The maximum Gasteiger partial charge on any atom is 0.175 e. The quantitative estimate of drug-likeness (QED) is 0.528. The van der Waals surface area contributed by atoms with Gasteiger partial charge in [-0.2, -0.15) is 5.10 Å². The van der Waals surface area contributed by atoms with Crippen LogP contribution in [0.3, 0.4) is 0 Å². The Balaban J connectivity index is 2.15. The number of anilines is 1. The largest absolute Gasteiger partial charge is 0.493 e. The second-order valence-corrected chi connectivity index (χ2v) is 6.37. The molecule has 0 atom stereocenters. The molecule has 6 heteroatoms. The van der Waals surface area contributed by atoms with Crippen LogP contribution in [0.5, 0.6) is 11.5 Å². The Morgan fingerprint density at radius 1 is 1.22 bits per heavy atom. The summed E-state index contributed by atoms with van der Waals surface area (Å²) in [5.74, 6) is 1.34. The van der Waals surface area contributed by atoms with Crippen molar-refractivity contribution in [2.75, 3.05) is 12.5 Å². The van der Waals surface area contributed by atoms with Gasteiger partial charge in [0.2, 0.25) is 0 Å². The van der Waals surface area contributed by atoms with Crippen LogP contribution in [-0.4, -0.2) is 19.4 Å². The van der Waals surface area contributed by atoms with Crippen molar-refractivity contribution in [1.29, 1.82) is 0 Å². The monoisotopic (exact) mass is 396 g/mol. The molecule has 0 spiro atoms. The van der Waals surface area contributed by atoms with E-state index >= 15 is 0 Å². The number of benzene rings is 2. The van der Waals surface area contributed by atoms with Crippen LogP contribution in [0.1, 0.15) is 19.4 Å². The van der Waals surface area contributed by atoms with Gasteiger partial charge in [-0.25, -0.2) is 0 Å². The fraction of sp³-hybridized carbons (Fsp3) is 0.235. The number of hydrogen-bond donors (Lipinski definition) is 1. The number of nitrogens with zero attached hydrogens (tertiary/aromatic N) is 1. The molecule has 1 N–H and O–H groups in total. The zero-order chi connectivity index (χ0) is 16.8. The molecular weight excluding hydrogens is 380 g/mol. The third-order valence-corrected chi connectivity index (χ3v) is 3.70. The van der Waals surface area contributed by atoms with Crippen LogP contribution in [0.4, 0.5) is 5.69 Å². The van der Waals surface area contributed by atoms with Crippen LogP contribution >= 0.6 is 27.5 Å². The number of halogens is 2. The van der Waals surface area contributed by atoms with E-state index in [1.807, 2.05) is 38.1 Å². The molecule has 0 heterocycles. The molecule has 0 aliphatic heterocycles. The average molecular weight is 398 g/mol.